The van der Waals surface area contributed by atoms with Crippen LogP contribution in [-0.2, 0) is 24.4 Å². The summed E-state index contributed by atoms with van der Waals surface area (Å²) in [5.41, 5.74) is 1.20. The molecule has 158 valence electrons. The molecule has 0 saturated carbocycles. The van der Waals surface area contributed by atoms with E-state index < -0.39 is 0 Å². The van der Waals surface area contributed by atoms with Crippen LogP contribution in [0.2, 0.25) is 0 Å². The Morgan fingerprint density at radius 3 is 2.63 bits per heavy atom. The normalized spacial score (nSPS) is 14.7. The molecule has 0 unspecified atom stereocenters. The maximum Gasteiger partial charge on any atom is 0.230 e. The smallest absolute Gasteiger partial charge is 0.230 e. The number of piperidine rings is 1. The number of benzene rings is 1. The Morgan fingerprint density at radius 2 is 1.87 bits per heavy atom. The molecule has 0 aliphatic carbocycles. The number of hydrogen-bond acceptors (Lipinski definition) is 6. The van der Waals surface area contributed by atoms with Crippen LogP contribution in [0.15, 0.2) is 58.3 Å². The first-order valence-electron chi connectivity index (χ1n) is 10.4. The Labute approximate surface area is 180 Å². The highest BCUT2D eigenvalue weighted by Gasteiger charge is 2.18. The zero-order chi connectivity index (χ0) is 20.6. The third kappa shape index (κ3) is 5.73. The first kappa shape index (κ1) is 20.7. The Balaban J connectivity index is 1.42. The highest BCUT2D eigenvalue weighted by Crippen LogP contribution is 2.21. The summed E-state index contributed by atoms with van der Waals surface area (Å²) in [5, 5.41) is 12.5. The molecule has 0 bridgehead atoms. The molecule has 1 N–H and O–H groups in total. The first-order valence-corrected chi connectivity index (χ1v) is 11.4. The van der Waals surface area contributed by atoms with E-state index in [1.54, 1.807) is 6.26 Å². The van der Waals surface area contributed by atoms with Crippen LogP contribution >= 0.6 is 11.8 Å². The minimum atomic E-state index is -0.0526. The Kier molecular flexibility index (Phi) is 7.20. The number of hydrogen-bond donors (Lipinski definition) is 1. The highest BCUT2D eigenvalue weighted by atomic mass is 32.2. The van der Waals surface area contributed by atoms with E-state index in [-0.39, 0.29) is 11.7 Å². The van der Waals surface area contributed by atoms with Gasteiger partial charge in [0.25, 0.3) is 0 Å². The van der Waals surface area contributed by atoms with E-state index in [2.05, 4.69) is 37.1 Å². The fourth-order valence-corrected chi connectivity index (χ4v) is 4.35. The van der Waals surface area contributed by atoms with Gasteiger partial charge in [-0.3, -0.25) is 9.69 Å². The number of carbonyl (C=O) groups excluding carboxylic acids is 1. The second-order valence-corrected chi connectivity index (χ2v) is 8.39. The zero-order valence-corrected chi connectivity index (χ0v) is 17.8. The van der Waals surface area contributed by atoms with Crippen molar-refractivity contribution >= 4 is 17.7 Å². The summed E-state index contributed by atoms with van der Waals surface area (Å²) >= 11 is 1.42. The third-order valence-electron chi connectivity index (χ3n) is 5.16. The van der Waals surface area contributed by atoms with Crippen molar-refractivity contribution in [1.29, 1.82) is 0 Å². The SMILES string of the molecule is O=C(CSc1nnc(CN2CCCCC2)n1Cc1ccccc1)NCc1ccco1. The topological polar surface area (TPSA) is 76.2 Å². The van der Waals surface area contributed by atoms with Crippen LogP contribution < -0.4 is 5.32 Å². The van der Waals surface area contributed by atoms with Gasteiger partial charge in [0, 0.05) is 0 Å². The predicted octanol–water partition coefficient (Wildman–Crippen LogP) is 3.31. The lowest BCUT2D eigenvalue weighted by Crippen LogP contribution is -2.30. The molecule has 1 fully saturated rings. The van der Waals surface area contributed by atoms with Gasteiger partial charge in [0.1, 0.15) is 11.6 Å². The molecule has 0 radical (unpaired) electrons. The van der Waals surface area contributed by atoms with Gasteiger partial charge in [0.15, 0.2) is 5.16 Å². The molecule has 8 heteroatoms. The minimum absolute atomic E-state index is 0.0526. The number of amides is 1. The number of rotatable bonds is 9. The predicted molar refractivity (Wildman–Crippen MR) is 116 cm³/mol. The molecule has 3 aromatic rings. The molecule has 0 atom stereocenters. The fraction of sp³-hybridized carbons (Fsp3) is 0.409. The summed E-state index contributed by atoms with van der Waals surface area (Å²) in [5.74, 6) is 1.93. The van der Waals surface area contributed by atoms with E-state index in [0.717, 1.165) is 36.4 Å². The quantitative estimate of drug-likeness (QED) is 0.530. The summed E-state index contributed by atoms with van der Waals surface area (Å²) in [6.45, 7) is 4.10. The molecule has 1 aliphatic heterocycles. The van der Waals surface area contributed by atoms with Gasteiger partial charge >= 0.3 is 0 Å². The summed E-state index contributed by atoms with van der Waals surface area (Å²) in [6, 6.07) is 14.0. The van der Waals surface area contributed by atoms with E-state index in [1.165, 1.54) is 36.6 Å². The van der Waals surface area contributed by atoms with Gasteiger partial charge in [-0.2, -0.15) is 0 Å². The lowest BCUT2D eigenvalue weighted by atomic mass is 10.1. The first-order chi connectivity index (χ1) is 14.8. The van der Waals surface area contributed by atoms with Crippen molar-refractivity contribution in [3.8, 4) is 0 Å². The number of furan rings is 1. The van der Waals surface area contributed by atoms with Crippen LogP contribution in [0.5, 0.6) is 0 Å². The Morgan fingerprint density at radius 1 is 1.03 bits per heavy atom. The average Bonchev–Trinajstić information content (AvgIpc) is 3.43. The summed E-state index contributed by atoms with van der Waals surface area (Å²) in [7, 11) is 0. The monoisotopic (exact) mass is 425 g/mol. The number of thioether (sulfide) groups is 1. The van der Waals surface area contributed by atoms with Gasteiger partial charge < -0.3 is 14.3 Å². The molecule has 7 nitrogen and oxygen atoms in total. The van der Waals surface area contributed by atoms with Crippen molar-refractivity contribution in [3.63, 3.8) is 0 Å². The molecule has 1 amide bonds. The van der Waals surface area contributed by atoms with Gasteiger partial charge in [0.05, 0.1) is 31.7 Å². The molecular formula is C22H27N5O2S. The number of likely N-dealkylation sites (tertiary alicyclic amines) is 1. The largest absolute Gasteiger partial charge is 0.467 e. The van der Waals surface area contributed by atoms with Crippen LogP contribution in [0.25, 0.3) is 0 Å². The Bertz CT molecular complexity index is 920. The lowest BCUT2D eigenvalue weighted by Gasteiger charge is -2.26. The summed E-state index contributed by atoms with van der Waals surface area (Å²) < 4.78 is 7.40. The molecule has 2 aromatic heterocycles. The maximum absolute atomic E-state index is 12.3. The van der Waals surface area contributed by atoms with Gasteiger partial charge in [0.2, 0.25) is 5.91 Å². The fourth-order valence-electron chi connectivity index (χ4n) is 3.57. The van der Waals surface area contributed by atoms with E-state index in [4.69, 9.17) is 4.42 Å². The zero-order valence-electron chi connectivity index (χ0n) is 17.0. The third-order valence-corrected chi connectivity index (χ3v) is 6.13. The van der Waals surface area contributed by atoms with Crippen molar-refractivity contribution in [2.45, 2.75) is 44.1 Å². The maximum atomic E-state index is 12.3. The number of carbonyl (C=O) groups is 1. The van der Waals surface area contributed by atoms with Gasteiger partial charge in [-0.25, -0.2) is 0 Å². The molecule has 0 spiro atoms. The number of nitrogens with zero attached hydrogens (tertiary/aromatic N) is 4. The van der Waals surface area contributed by atoms with Crippen molar-refractivity contribution in [2.75, 3.05) is 18.8 Å². The lowest BCUT2D eigenvalue weighted by molar-refractivity contribution is -0.118. The van der Waals surface area contributed by atoms with E-state index >= 15 is 0 Å². The van der Waals surface area contributed by atoms with Crippen LogP contribution in [0.3, 0.4) is 0 Å². The van der Waals surface area contributed by atoms with Crippen LogP contribution in [0.4, 0.5) is 0 Å². The molecule has 3 heterocycles. The highest BCUT2D eigenvalue weighted by molar-refractivity contribution is 7.99. The van der Waals surface area contributed by atoms with Crippen molar-refractivity contribution in [3.05, 3.63) is 65.9 Å². The summed E-state index contributed by atoms with van der Waals surface area (Å²) in [4.78, 5) is 14.7. The van der Waals surface area contributed by atoms with Gasteiger partial charge in [-0.1, -0.05) is 48.5 Å². The molecule has 4 rings (SSSR count). The second-order valence-electron chi connectivity index (χ2n) is 7.45. The second kappa shape index (κ2) is 10.4. The number of nitrogens with one attached hydrogen (secondary N) is 1. The van der Waals surface area contributed by atoms with Crippen LogP contribution in [-0.4, -0.2) is 44.4 Å². The van der Waals surface area contributed by atoms with Gasteiger partial charge in [-0.05, 0) is 43.6 Å². The van der Waals surface area contributed by atoms with Crippen molar-refractivity contribution in [2.24, 2.45) is 0 Å². The summed E-state index contributed by atoms with van der Waals surface area (Å²) in [6.07, 6.45) is 5.39. The molecular weight excluding hydrogens is 398 g/mol. The standard InChI is InChI=1S/C22H27N5O2S/c28-21(23-14-19-10-7-13-29-19)17-30-22-25-24-20(16-26-11-5-2-6-12-26)27(22)15-18-8-3-1-4-9-18/h1,3-4,7-10,13H,2,5-6,11-12,14-17H2,(H,23,28). The molecule has 1 aromatic carbocycles. The van der Waals surface area contributed by atoms with E-state index in [9.17, 15) is 4.79 Å². The Hall–Kier alpha value is -2.58. The molecule has 1 saturated heterocycles. The average molecular weight is 426 g/mol. The molecule has 1 aliphatic rings. The number of aromatic nitrogens is 3. The van der Waals surface area contributed by atoms with E-state index in [1.807, 2.05) is 30.3 Å². The van der Waals surface area contributed by atoms with Crippen molar-refractivity contribution < 1.29 is 9.21 Å². The van der Waals surface area contributed by atoms with Crippen molar-refractivity contribution in [1.82, 2.24) is 25.0 Å². The molecule has 30 heavy (non-hydrogen) atoms. The van der Waals surface area contributed by atoms with E-state index in [0.29, 0.717) is 13.1 Å². The van der Waals surface area contributed by atoms with Crippen LogP contribution in [0.1, 0.15) is 36.4 Å². The van der Waals surface area contributed by atoms with Gasteiger partial charge in [-0.15, -0.1) is 10.2 Å². The minimum Gasteiger partial charge on any atom is -0.467 e. The van der Waals surface area contributed by atoms with Crippen LogP contribution in [0, 0.1) is 0 Å².